The SMILES string of the molecule is CC(C)[C@@H]1CN([C@@H](c2cnn3cc([C@@H](N)C4CCC(F)(F)CC4)nc3c2)C2CC2)C(=O)N1.Cl. The maximum Gasteiger partial charge on any atom is 0.318 e. The van der Waals surface area contributed by atoms with E-state index in [9.17, 15) is 13.6 Å². The molecular weight excluding hydrogens is 450 g/mol. The second-order valence-electron chi connectivity index (χ2n) is 10.2. The Morgan fingerprint density at radius 2 is 1.88 bits per heavy atom. The first kappa shape index (κ1) is 24.1. The maximum absolute atomic E-state index is 13.5. The van der Waals surface area contributed by atoms with Crippen molar-refractivity contribution in [1.29, 1.82) is 0 Å². The van der Waals surface area contributed by atoms with Crippen molar-refractivity contribution >= 4 is 24.1 Å². The fourth-order valence-electron chi connectivity index (χ4n) is 5.21. The Morgan fingerprint density at radius 3 is 2.48 bits per heavy atom. The highest BCUT2D eigenvalue weighted by Crippen LogP contribution is 2.46. The van der Waals surface area contributed by atoms with Gasteiger partial charge in [-0.15, -0.1) is 12.4 Å². The van der Waals surface area contributed by atoms with Crippen LogP contribution in [-0.2, 0) is 0 Å². The van der Waals surface area contributed by atoms with Gasteiger partial charge in [-0.2, -0.15) is 5.10 Å². The van der Waals surface area contributed by atoms with E-state index in [1.54, 1.807) is 10.7 Å². The molecule has 2 saturated carbocycles. The molecule has 2 aliphatic carbocycles. The normalized spacial score (nSPS) is 25.2. The smallest absolute Gasteiger partial charge is 0.318 e. The van der Waals surface area contributed by atoms with Gasteiger partial charge in [-0.1, -0.05) is 13.8 Å². The van der Waals surface area contributed by atoms with Crippen LogP contribution in [0.3, 0.4) is 0 Å². The van der Waals surface area contributed by atoms with E-state index in [0.717, 1.165) is 18.4 Å². The Labute approximate surface area is 198 Å². The lowest BCUT2D eigenvalue weighted by Crippen LogP contribution is -2.33. The van der Waals surface area contributed by atoms with Crippen LogP contribution < -0.4 is 11.1 Å². The summed E-state index contributed by atoms with van der Waals surface area (Å²) < 4.78 is 28.7. The van der Waals surface area contributed by atoms with Gasteiger partial charge in [-0.3, -0.25) is 0 Å². The van der Waals surface area contributed by atoms with Gasteiger partial charge in [0.1, 0.15) is 0 Å². The highest BCUT2D eigenvalue weighted by atomic mass is 35.5. The number of nitrogens with two attached hydrogens (primary N) is 1. The van der Waals surface area contributed by atoms with Crippen LogP contribution >= 0.6 is 12.4 Å². The van der Waals surface area contributed by atoms with Crippen LogP contribution in [0, 0.1) is 17.8 Å². The maximum atomic E-state index is 13.5. The van der Waals surface area contributed by atoms with Crippen LogP contribution in [0.15, 0.2) is 18.5 Å². The molecule has 0 aromatic carbocycles. The van der Waals surface area contributed by atoms with Crippen LogP contribution in [-0.4, -0.2) is 44.0 Å². The highest BCUT2D eigenvalue weighted by Gasteiger charge is 2.43. The van der Waals surface area contributed by atoms with Crippen LogP contribution in [0.2, 0.25) is 0 Å². The molecule has 3 atom stereocenters. The van der Waals surface area contributed by atoms with Gasteiger partial charge >= 0.3 is 6.03 Å². The average molecular weight is 483 g/mol. The summed E-state index contributed by atoms with van der Waals surface area (Å²) >= 11 is 0. The zero-order valence-electron chi connectivity index (χ0n) is 19.1. The molecule has 5 rings (SSSR count). The van der Waals surface area contributed by atoms with Gasteiger partial charge < -0.3 is 16.0 Å². The second kappa shape index (κ2) is 8.98. The molecule has 1 aliphatic heterocycles. The van der Waals surface area contributed by atoms with E-state index in [4.69, 9.17) is 10.7 Å². The lowest BCUT2D eigenvalue weighted by Gasteiger charge is -2.31. The fourth-order valence-corrected chi connectivity index (χ4v) is 5.21. The molecule has 3 fully saturated rings. The first-order valence-corrected chi connectivity index (χ1v) is 11.8. The lowest BCUT2D eigenvalue weighted by molar-refractivity contribution is -0.0484. The Hall–Kier alpha value is -2.00. The van der Waals surface area contributed by atoms with Crippen molar-refractivity contribution in [1.82, 2.24) is 24.8 Å². The number of aromatic nitrogens is 3. The minimum atomic E-state index is -2.57. The molecule has 2 amide bonds. The molecule has 1 saturated heterocycles. The van der Waals surface area contributed by atoms with Gasteiger partial charge in [0.05, 0.1) is 36.2 Å². The third kappa shape index (κ3) is 4.80. The van der Waals surface area contributed by atoms with E-state index in [1.807, 2.05) is 17.2 Å². The van der Waals surface area contributed by atoms with Gasteiger partial charge in [0.15, 0.2) is 5.65 Å². The van der Waals surface area contributed by atoms with Crippen molar-refractivity contribution in [3.05, 3.63) is 29.7 Å². The van der Waals surface area contributed by atoms with Crippen molar-refractivity contribution in [3.8, 4) is 0 Å². The Bertz CT molecular complexity index is 1000. The topological polar surface area (TPSA) is 88.6 Å². The monoisotopic (exact) mass is 482 g/mol. The highest BCUT2D eigenvalue weighted by molar-refractivity contribution is 5.85. The van der Waals surface area contributed by atoms with E-state index in [0.29, 0.717) is 42.6 Å². The predicted octanol–water partition coefficient (Wildman–Crippen LogP) is 4.48. The summed E-state index contributed by atoms with van der Waals surface area (Å²) in [5.41, 5.74) is 8.79. The van der Waals surface area contributed by atoms with Gasteiger partial charge in [-0.05, 0) is 55.1 Å². The number of amides is 2. The molecule has 33 heavy (non-hydrogen) atoms. The number of urea groups is 1. The summed E-state index contributed by atoms with van der Waals surface area (Å²) in [4.78, 5) is 19.4. The van der Waals surface area contributed by atoms with Crippen LogP contribution in [0.5, 0.6) is 0 Å². The van der Waals surface area contributed by atoms with Crippen molar-refractivity contribution in [2.45, 2.75) is 76.4 Å². The summed E-state index contributed by atoms with van der Waals surface area (Å²) in [5.74, 6) is -1.75. The molecule has 10 heteroatoms. The number of hydrogen-bond donors (Lipinski definition) is 2. The molecule has 2 aromatic rings. The van der Waals surface area contributed by atoms with Crippen LogP contribution in [0.1, 0.15) is 75.7 Å². The quantitative estimate of drug-likeness (QED) is 0.635. The number of nitrogens with zero attached hydrogens (tertiary/aromatic N) is 4. The summed E-state index contributed by atoms with van der Waals surface area (Å²) in [6.07, 6.45) is 6.42. The number of carbonyl (C=O) groups is 1. The summed E-state index contributed by atoms with van der Waals surface area (Å²) in [7, 11) is 0. The minimum absolute atomic E-state index is 0. The number of rotatable bonds is 6. The third-order valence-corrected chi connectivity index (χ3v) is 7.48. The van der Waals surface area contributed by atoms with Crippen molar-refractivity contribution in [2.24, 2.45) is 23.5 Å². The number of fused-ring (bicyclic) bond motifs is 1. The van der Waals surface area contributed by atoms with Crippen molar-refractivity contribution in [3.63, 3.8) is 0 Å². The number of carbonyl (C=O) groups excluding carboxylic acids is 1. The molecule has 3 heterocycles. The zero-order chi connectivity index (χ0) is 22.6. The Morgan fingerprint density at radius 1 is 1.18 bits per heavy atom. The molecule has 182 valence electrons. The minimum Gasteiger partial charge on any atom is -0.333 e. The molecule has 2 aromatic heterocycles. The molecule has 3 N–H and O–H groups in total. The summed E-state index contributed by atoms with van der Waals surface area (Å²) in [6.45, 7) is 4.94. The van der Waals surface area contributed by atoms with Gasteiger partial charge in [0.2, 0.25) is 5.92 Å². The third-order valence-electron chi connectivity index (χ3n) is 7.48. The number of halogens is 3. The van der Waals surface area contributed by atoms with Gasteiger partial charge in [-0.25, -0.2) is 23.1 Å². The lowest BCUT2D eigenvalue weighted by atomic mass is 9.81. The largest absolute Gasteiger partial charge is 0.333 e. The standard InChI is InChI=1S/C23H32F2N6O.ClH/c1-13(2)17-11-30(22(32)29-17)21(15-3-4-15)16-9-19-28-18(12-31(19)27-10-16)20(26)14-5-7-23(24,25)8-6-14;/h9-10,12-15,17,20-21H,3-8,11,26H2,1-2H3,(H,29,32);1H/t17-,20-,21+;/m0./s1. The number of imidazole rings is 1. The molecule has 7 nitrogen and oxygen atoms in total. The van der Waals surface area contributed by atoms with Crippen molar-refractivity contribution in [2.75, 3.05) is 6.54 Å². The average Bonchev–Trinajstić information content (AvgIpc) is 3.36. The second-order valence-corrected chi connectivity index (χ2v) is 10.2. The molecule has 0 radical (unpaired) electrons. The Kier molecular flexibility index (Phi) is 6.57. The Balaban J connectivity index is 0.00000259. The van der Waals surface area contributed by atoms with E-state index in [2.05, 4.69) is 24.3 Å². The molecule has 0 bridgehead atoms. The van der Waals surface area contributed by atoms with E-state index >= 15 is 0 Å². The molecule has 0 spiro atoms. The first-order valence-electron chi connectivity index (χ1n) is 11.8. The number of hydrogen-bond acceptors (Lipinski definition) is 4. The first-order chi connectivity index (χ1) is 15.2. The summed E-state index contributed by atoms with van der Waals surface area (Å²) in [5, 5.41) is 7.66. The number of alkyl halides is 2. The molecular formula is C23H33ClF2N6O. The fraction of sp³-hybridized carbons (Fsp3) is 0.696. The molecule has 0 unspecified atom stereocenters. The van der Waals surface area contributed by atoms with E-state index in [1.165, 1.54) is 0 Å². The summed E-state index contributed by atoms with van der Waals surface area (Å²) in [6, 6.07) is 1.74. The van der Waals surface area contributed by atoms with Gasteiger partial charge in [0, 0.05) is 19.4 Å². The molecule has 3 aliphatic rings. The van der Waals surface area contributed by atoms with E-state index < -0.39 is 5.92 Å². The van der Waals surface area contributed by atoms with Crippen molar-refractivity contribution < 1.29 is 13.6 Å². The van der Waals surface area contributed by atoms with Gasteiger partial charge in [0.25, 0.3) is 0 Å². The van der Waals surface area contributed by atoms with E-state index in [-0.39, 0.29) is 55.3 Å². The van der Waals surface area contributed by atoms with Crippen LogP contribution in [0.25, 0.3) is 5.65 Å². The number of nitrogens with one attached hydrogen (secondary N) is 1. The predicted molar refractivity (Wildman–Crippen MR) is 123 cm³/mol. The zero-order valence-corrected chi connectivity index (χ0v) is 19.9. The van der Waals surface area contributed by atoms with Crippen LogP contribution in [0.4, 0.5) is 13.6 Å².